The summed E-state index contributed by atoms with van der Waals surface area (Å²) in [4.78, 5) is 24.9. The van der Waals surface area contributed by atoms with Crippen LogP contribution in [0.3, 0.4) is 0 Å². The number of rotatable bonds is 5. The van der Waals surface area contributed by atoms with Crippen LogP contribution in [0.25, 0.3) is 0 Å². The first-order valence-corrected chi connectivity index (χ1v) is 7.96. The van der Waals surface area contributed by atoms with Crippen LogP contribution in [0.1, 0.15) is 43.6 Å². The van der Waals surface area contributed by atoms with Crippen LogP contribution in [-0.4, -0.2) is 28.8 Å². The van der Waals surface area contributed by atoms with Crippen LogP contribution < -0.4 is 5.32 Å². The SMILES string of the molecule is CSc1ccc(C)c(C(=O)NC(C)(C)C(C)(C)C(=O)O)c1. The van der Waals surface area contributed by atoms with Gasteiger partial charge >= 0.3 is 5.97 Å². The topological polar surface area (TPSA) is 66.4 Å². The van der Waals surface area contributed by atoms with Gasteiger partial charge in [-0.1, -0.05) is 6.07 Å². The monoisotopic (exact) mass is 309 g/mol. The first kappa shape index (κ1) is 17.6. The van der Waals surface area contributed by atoms with Crippen LogP contribution in [0.5, 0.6) is 0 Å². The minimum Gasteiger partial charge on any atom is -0.481 e. The minimum atomic E-state index is -1.08. The summed E-state index contributed by atoms with van der Waals surface area (Å²) in [7, 11) is 0. The highest BCUT2D eigenvalue weighted by Gasteiger charge is 2.44. The molecule has 0 bridgehead atoms. The Morgan fingerprint density at radius 2 is 1.76 bits per heavy atom. The number of hydrogen-bond acceptors (Lipinski definition) is 3. The third-order valence-corrected chi connectivity index (χ3v) is 4.94. The van der Waals surface area contributed by atoms with Gasteiger partial charge in [0, 0.05) is 10.5 Å². The number of carbonyl (C=O) groups excluding carboxylic acids is 1. The summed E-state index contributed by atoms with van der Waals surface area (Å²) in [5.41, 5.74) is -0.504. The molecular weight excluding hydrogens is 286 g/mol. The zero-order chi connectivity index (χ0) is 16.4. The summed E-state index contributed by atoms with van der Waals surface area (Å²) in [6, 6.07) is 5.69. The lowest BCUT2D eigenvalue weighted by Gasteiger charge is -2.38. The maximum atomic E-state index is 12.5. The molecule has 1 aromatic carbocycles. The Bertz CT molecular complexity index is 565. The van der Waals surface area contributed by atoms with E-state index in [2.05, 4.69) is 5.32 Å². The summed E-state index contributed by atoms with van der Waals surface area (Å²) in [6.45, 7) is 8.55. The van der Waals surface area contributed by atoms with Gasteiger partial charge in [0.2, 0.25) is 0 Å². The van der Waals surface area contributed by atoms with Crippen molar-refractivity contribution in [2.24, 2.45) is 5.41 Å². The summed E-state index contributed by atoms with van der Waals surface area (Å²) in [6.07, 6.45) is 1.95. The smallest absolute Gasteiger partial charge is 0.311 e. The number of carboxylic acid groups (broad SMARTS) is 1. The van der Waals surface area contributed by atoms with Crippen molar-refractivity contribution >= 4 is 23.6 Å². The molecule has 0 saturated heterocycles. The molecule has 2 N–H and O–H groups in total. The molecule has 0 saturated carbocycles. The zero-order valence-corrected chi connectivity index (χ0v) is 14.2. The number of hydrogen-bond donors (Lipinski definition) is 2. The van der Waals surface area contributed by atoms with Gasteiger partial charge in [-0.25, -0.2) is 0 Å². The second-order valence-electron chi connectivity index (χ2n) is 6.19. The molecule has 0 atom stereocenters. The number of aryl methyl sites for hydroxylation is 1. The number of benzene rings is 1. The van der Waals surface area contributed by atoms with Crippen molar-refractivity contribution in [3.05, 3.63) is 29.3 Å². The maximum Gasteiger partial charge on any atom is 0.311 e. The molecular formula is C16H23NO3S. The highest BCUT2D eigenvalue weighted by molar-refractivity contribution is 7.98. The van der Waals surface area contributed by atoms with Crippen LogP contribution in [0.15, 0.2) is 23.1 Å². The summed E-state index contributed by atoms with van der Waals surface area (Å²) >= 11 is 1.56. The van der Waals surface area contributed by atoms with E-state index < -0.39 is 16.9 Å². The van der Waals surface area contributed by atoms with E-state index in [1.54, 1.807) is 39.5 Å². The zero-order valence-electron chi connectivity index (χ0n) is 13.4. The Labute approximate surface area is 130 Å². The second-order valence-corrected chi connectivity index (χ2v) is 7.07. The number of nitrogens with one attached hydrogen (secondary N) is 1. The van der Waals surface area contributed by atoms with Gasteiger partial charge in [-0.15, -0.1) is 11.8 Å². The van der Waals surface area contributed by atoms with Gasteiger partial charge in [-0.3, -0.25) is 9.59 Å². The molecule has 0 aliphatic carbocycles. The Balaban J connectivity index is 3.08. The predicted molar refractivity (Wildman–Crippen MR) is 85.9 cm³/mol. The number of carboxylic acids is 1. The van der Waals surface area contributed by atoms with Crippen molar-refractivity contribution < 1.29 is 14.7 Å². The molecule has 4 nitrogen and oxygen atoms in total. The van der Waals surface area contributed by atoms with Crippen molar-refractivity contribution in [3.8, 4) is 0 Å². The molecule has 5 heteroatoms. The Morgan fingerprint density at radius 3 is 2.24 bits per heavy atom. The molecule has 0 spiro atoms. The standard InChI is InChI=1S/C16H23NO3S/c1-10-7-8-11(21-6)9-12(10)13(18)17-16(4,5)15(2,3)14(19)20/h7-9H,1-6H3,(H,17,18)(H,19,20). The van der Waals surface area contributed by atoms with Gasteiger partial charge in [-0.05, 0) is 58.6 Å². The van der Waals surface area contributed by atoms with Crippen LogP contribution in [0.4, 0.5) is 0 Å². The fraction of sp³-hybridized carbons (Fsp3) is 0.500. The Morgan fingerprint density at radius 1 is 1.19 bits per heavy atom. The lowest BCUT2D eigenvalue weighted by atomic mass is 9.74. The summed E-state index contributed by atoms with van der Waals surface area (Å²) in [5.74, 6) is -1.19. The van der Waals surface area contributed by atoms with Crippen molar-refractivity contribution in [1.29, 1.82) is 0 Å². The molecule has 21 heavy (non-hydrogen) atoms. The Hall–Kier alpha value is -1.49. The molecule has 0 heterocycles. The molecule has 0 radical (unpaired) electrons. The third kappa shape index (κ3) is 3.59. The number of amides is 1. The molecule has 0 aliphatic rings. The van der Waals surface area contributed by atoms with Gasteiger partial charge in [0.1, 0.15) is 0 Å². The van der Waals surface area contributed by atoms with Crippen LogP contribution in [0.2, 0.25) is 0 Å². The summed E-state index contributed by atoms with van der Waals surface area (Å²) < 4.78 is 0. The van der Waals surface area contributed by atoms with Crippen LogP contribution >= 0.6 is 11.8 Å². The molecule has 0 unspecified atom stereocenters. The van der Waals surface area contributed by atoms with E-state index in [-0.39, 0.29) is 5.91 Å². The molecule has 116 valence electrons. The van der Waals surface area contributed by atoms with Gasteiger partial charge in [-0.2, -0.15) is 0 Å². The first-order valence-electron chi connectivity index (χ1n) is 6.73. The lowest BCUT2D eigenvalue weighted by molar-refractivity contribution is -0.150. The molecule has 1 rings (SSSR count). The molecule has 0 fully saturated rings. The van der Waals surface area contributed by atoms with Crippen LogP contribution in [0, 0.1) is 12.3 Å². The normalized spacial score (nSPS) is 12.1. The number of aliphatic carboxylic acids is 1. The van der Waals surface area contributed by atoms with Crippen molar-refractivity contribution in [3.63, 3.8) is 0 Å². The van der Waals surface area contributed by atoms with Crippen molar-refractivity contribution in [2.75, 3.05) is 6.26 Å². The van der Waals surface area contributed by atoms with E-state index in [0.29, 0.717) is 5.56 Å². The molecule has 0 aliphatic heterocycles. The number of carbonyl (C=O) groups is 2. The number of thioether (sulfide) groups is 1. The van der Waals surface area contributed by atoms with E-state index in [9.17, 15) is 14.7 Å². The average molecular weight is 309 g/mol. The lowest BCUT2D eigenvalue weighted by Crippen LogP contribution is -2.57. The van der Waals surface area contributed by atoms with Gasteiger partial charge in [0.15, 0.2) is 0 Å². The van der Waals surface area contributed by atoms with E-state index in [4.69, 9.17) is 0 Å². The fourth-order valence-electron chi connectivity index (χ4n) is 1.75. The van der Waals surface area contributed by atoms with Crippen molar-refractivity contribution in [2.45, 2.75) is 45.1 Å². The maximum absolute atomic E-state index is 12.5. The highest BCUT2D eigenvalue weighted by Crippen LogP contribution is 2.31. The third-order valence-electron chi connectivity index (χ3n) is 4.21. The van der Waals surface area contributed by atoms with Gasteiger partial charge in [0.25, 0.3) is 5.91 Å². The van der Waals surface area contributed by atoms with Gasteiger partial charge < -0.3 is 10.4 Å². The summed E-state index contributed by atoms with van der Waals surface area (Å²) in [5, 5.41) is 12.2. The van der Waals surface area contributed by atoms with Crippen LogP contribution in [-0.2, 0) is 4.79 Å². The van der Waals surface area contributed by atoms with E-state index in [1.807, 2.05) is 31.4 Å². The van der Waals surface area contributed by atoms with E-state index in [0.717, 1.165) is 10.5 Å². The highest BCUT2D eigenvalue weighted by atomic mass is 32.2. The molecule has 1 aromatic rings. The van der Waals surface area contributed by atoms with E-state index in [1.165, 1.54) is 0 Å². The predicted octanol–water partition coefficient (Wildman–Crippen LogP) is 3.34. The first-order chi connectivity index (χ1) is 9.52. The minimum absolute atomic E-state index is 0.247. The van der Waals surface area contributed by atoms with E-state index >= 15 is 0 Å². The Kier molecular flexibility index (Phi) is 5.10. The quantitative estimate of drug-likeness (QED) is 0.819. The van der Waals surface area contributed by atoms with Gasteiger partial charge in [0.05, 0.1) is 11.0 Å². The van der Waals surface area contributed by atoms with Crippen molar-refractivity contribution in [1.82, 2.24) is 5.32 Å². The fourth-order valence-corrected chi connectivity index (χ4v) is 2.19. The second kappa shape index (κ2) is 6.10. The largest absolute Gasteiger partial charge is 0.481 e. The molecule has 0 aromatic heterocycles. The molecule has 1 amide bonds. The average Bonchev–Trinajstić information content (AvgIpc) is 2.38.